The zero-order valence-corrected chi connectivity index (χ0v) is 10.1. The van der Waals surface area contributed by atoms with Crippen molar-refractivity contribution >= 4 is 9.84 Å². The van der Waals surface area contributed by atoms with Gasteiger partial charge in [-0.05, 0) is 17.7 Å². The molecule has 90 valence electrons. The number of hydrogen-bond donors (Lipinski definition) is 0. The third-order valence-electron chi connectivity index (χ3n) is 3.17. The second kappa shape index (κ2) is 4.11. The first-order valence-corrected chi connectivity index (χ1v) is 7.09. The van der Waals surface area contributed by atoms with Gasteiger partial charge in [0, 0.05) is 11.7 Å². The molecule has 0 heterocycles. The molecule has 1 saturated carbocycles. The van der Waals surface area contributed by atoms with Crippen molar-refractivity contribution < 1.29 is 12.8 Å². The van der Waals surface area contributed by atoms with Crippen molar-refractivity contribution in [2.45, 2.75) is 18.1 Å². The van der Waals surface area contributed by atoms with Crippen molar-refractivity contribution in [3.05, 3.63) is 35.6 Å². The lowest BCUT2D eigenvalue weighted by atomic mass is 10.1. The monoisotopic (exact) mass is 253 g/mol. The van der Waals surface area contributed by atoms with Crippen LogP contribution in [0.2, 0.25) is 0 Å². The minimum absolute atomic E-state index is 0.0353. The van der Waals surface area contributed by atoms with Crippen LogP contribution >= 0.6 is 0 Å². The summed E-state index contributed by atoms with van der Waals surface area (Å²) in [7, 11) is -3.21. The number of nitriles is 1. The fourth-order valence-electron chi connectivity index (χ4n) is 2.16. The van der Waals surface area contributed by atoms with Gasteiger partial charge in [0.15, 0.2) is 9.84 Å². The molecule has 3 atom stereocenters. The maximum Gasteiger partial charge on any atom is 0.154 e. The van der Waals surface area contributed by atoms with Crippen molar-refractivity contribution in [2.24, 2.45) is 5.92 Å². The van der Waals surface area contributed by atoms with Crippen molar-refractivity contribution in [3.8, 4) is 6.07 Å². The van der Waals surface area contributed by atoms with Gasteiger partial charge in [0.2, 0.25) is 0 Å². The highest BCUT2D eigenvalue weighted by molar-refractivity contribution is 7.92. The average Bonchev–Trinajstić information content (AvgIpc) is 3.05. The number of sulfone groups is 1. The van der Waals surface area contributed by atoms with E-state index in [-0.39, 0.29) is 17.5 Å². The Labute approximate surface area is 99.8 Å². The Hall–Kier alpha value is -1.41. The van der Waals surface area contributed by atoms with Crippen molar-refractivity contribution in [1.82, 2.24) is 0 Å². The van der Waals surface area contributed by atoms with E-state index >= 15 is 0 Å². The van der Waals surface area contributed by atoms with Crippen LogP contribution in [-0.4, -0.2) is 19.4 Å². The van der Waals surface area contributed by atoms with Crippen molar-refractivity contribution in [3.63, 3.8) is 0 Å². The lowest BCUT2D eigenvalue weighted by molar-refractivity contribution is 0.594. The molecule has 0 bridgehead atoms. The van der Waals surface area contributed by atoms with Crippen LogP contribution < -0.4 is 0 Å². The van der Waals surface area contributed by atoms with E-state index in [1.165, 1.54) is 12.1 Å². The molecule has 0 N–H and O–H groups in total. The van der Waals surface area contributed by atoms with Crippen molar-refractivity contribution in [2.75, 3.05) is 5.75 Å². The third kappa shape index (κ3) is 2.05. The lowest BCUT2D eigenvalue weighted by Crippen LogP contribution is -2.12. The Morgan fingerprint density at radius 1 is 1.35 bits per heavy atom. The van der Waals surface area contributed by atoms with Gasteiger partial charge in [-0.25, -0.2) is 12.8 Å². The highest BCUT2D eigenvalue weighted by atomic mass is 32.2. The van der Waals surface area contributed by atoms with Gasteiger partial charge in [0.1, 0.15) is 5.82 Å². The summed E-state index contributed by atoms with van der Waals surface area (Å²) < 4.78 is 36.3. The molecule has 1 aliphatic rings. The second-order valence-corrected chi connectivity index (χ2v) is 6.60. The predicted molar refractivity (Wildman–Crippen MR) is 61.5 cm³/mol. The SMILES string of the molecule is CCS(=O)(=O)[C@H]1[C@@H](C#N)[C@@H]1c1ccc(F)cc1. The summed E-state index contributed by atoms with van der Waals surface area (Å²) in [5, 5.41) is 8.31. The van der Waals surface area contributed by atoms with E-state index in [1.54, 1.807) is 19.1 Å². The maximum atomic E-state index is 12.8. The highest BCUT2D eigenvalue weighted by Gasteiger charge is 2.58. The van der Waals surface area contributed by atoms with E-state index < -0.39 is 21.0 Å². The van der Waals surface area contributed by atoms with Crippen LogP contribution in [0.25, 0.3) is 0 Å². The molecule has 1 aliphatic carbocycles. The molecule has 5 heteroatoms. The fraction of sp³-hybridized carbons (Fsp3) is 0.417. The Balaban J connectivity index is 2.30. The molecule has 3 nitrogen and oxygen atoms in total. The molecule has 0 aliphatic heterocycles. The van der Waals surface area contributed by atoms with Gasteiger partial charge >= 0.3 is 0 Å². The third-order valence-corrected chi connectivity index (χ3v) is 5.40. The van der Waals surface area contributed by atoms with Gasteiger partial charge < -0.3 is 0 Å². The summed E-state index contributed by atoms with van der Waals surface area (Å²) in [6.07, 6.45) is 0. The predicted octanol–water partition coefficient (Wildman–Crippen LogP) is 1.87. The van der Waals surface area contributed by atoms with Gasteiger partial charge in [-0.2, -0.15) is 5.26 Å². The Bertz CT molecular complexity index is 559. The fourth-order valence-corrected chi connectivity index (χ4v) is 3.90. The average molecular weight is 253 g/mol. The highest BCUT2D eigenvalue weighted by Crippen LogP contribution is 2.52. The molecule has 0 aromatic heterocycles. The smallest absolute Gasteiger partial charge is 0.154 e. The zero-order valence-electron chi connectivity index (χ0n) is 9.30. The lowest BCUT2D eigenvalue weighted by Gasteiger charge is -2.00. The summed E-state index contributed by atoms with van der Waals surface area (Å²) in [5.41, 5.74) is 0.722. The molecule has 0 unspecified atom stereocenters. The molecule has 0 radical (unpaired) electrons. The van der Waals surface area contributed by atoms with Gasteiger partial charge in [0.25, 0.3) is 0 Å². The van der Waals surface area contributed by atoms with Crippen LogP contribution in [0.4, 0.5) is 4.39 Å². The second-order valence-electron chi connectivity index (χ2n) is 4.15. The zero-order chi connectivity index (χ0) is 12.6. The van der Waals surface area contributed by atoms with E-state index in [9.17, 15) is 12.8 Å². The van der Waals surface area contributed by atoms with Crippen molar-refractivity contribution in [1.29, 1.82) is 5.26 Å². The molecule has 1 fully saturated rings. The molecule has 0 spiro atoms. The van der Waals surface area contributed by atoms with Crippen LogP contribution in [0.5, 0.6) is 0 Å². The van der Waals surface area contributed by atoms with E-state index in [0.29, 0.717) is 0 Å². The number of rotatable bonds is 3. The molecule has 1 aromatic carbocycles. The van der Waals surface area contributed by atoms with Crippen LogP contribution in [0.3, 0.4) is 0 Å². The summed E-state index contributed by atoms with van der Waals surface area (Å²) in [6, 6.07) is 7.70. The minimum atomic E-state index is -3.21. The number of nitrogens with zero attached hydrogens (tertiary/aromatic N) is 1. The van der Waals surface area contributed by atoms with Gasteiger partial charge in [-0.15, -0.1) is 0 Å². The topological polar surface area (TPSA) is 57.9 Å². The Kier molecular flexibility index (Phi) is 2.92. The maximum absolute atomic E-state index is 12.8. The number of hydrogen-bond acceptors (Lipinski definition) is 3. The van der Waals surface area contributed by atoms with Crippen LogP contribution in [-0.2, 0) is 9.84 Å². The summed E-state index contributed by atoms with van der Waals surface area (Å²) in [4.78, 5) is 0. The van der Waals surface area contributed by atoms with Gasteiger partial charge in [0.05, 0.1) is 17.2 Å². The van der Waals surface area contributed by atoms with E-state index in [1.807, 2.05) is 6.07 Å². The molecule has 0 amide bonds. The molecule has 2 rings (SSSR count). The number of benzene rings is 1. The van der Waals surface area contributed by atoms with Crippen LogP contribution in [0.15, 0.2) is 24.3 Å². The first kappa shape index (κ1) is 12.1. The van der Waals surface area contributed by atoms with E-state index in [2.05, 4.69) is 0 Å². The molecule has 17 heavy (non-hydrogen) atoms. The first-order valence-electron chi connectivity index (χ1n) is 5.38. The molecule has 0 saturated heterocycles. The molecular weight excluding hydrogens is 241 g/mol. The molecule has 1 aromatic rings. The first-order chi connectivity index (χ1) is 8.01. The normalized spacial score (nSPS) is 27.5. The number of halogens is 1. The van der Waals surface area contributed by atoms with Gasteiger partial charge in [-0.3, -0.25) is 0 Å². The quantitative estimate of drug-likeness (QED) is 0.826. The summed E-state index contributed by atoms with van der Waals surface area (Å²) in [6.45, 7) is 1.57. The Morgan fingerprint density at radius 2 is 1.94 bits per heavy atom. The standard InChI is InChI=1S/C12H12FNO2S/c1-2-17(15,16)12-10(7-14)11(12)8-3-5-9(13)6-4-8/h3-6,10-12H,2H2,1H3/t10-,11-,12-/m0/s1. The largest absolute Gasteiger partial charge is 0.228 e. The van der Waals surface area contributed by atoms with E-state index in [0.717, 1.165) is 5.56 Å². The molecular formula is C12H12FNO2S. The van der Waals surface area contributed by atoms with E-state index in [4.69, 9.17) is 5.26 Å². The summed E-state index contributed by atoms with van der Waals surface area (Å²) in [5.74, 6) is -1.12. The Morgan fingerprint density at radius 3 is 2.41 bits per heavy atom. The minimum Gasteiger partial charge on any atom is -0.228 e. The van der Waals surface area contributed by atoms with Gasteiger partial charge in [-0.1, -0.05) is 19.1 Å². The van der Waals surface area contributed by atoms with Crippen LogP contribution in [0.1, 0.15) is 18.4 Å². The summed E-state index contributed by atoms with van der Waals surface area (Å²) >= 11 is 0. The van der Waals surface area contributed by atoms with Crippen LogP contribution in [0, 0.1) is 23.1 Å².